The number of hydrogen-bond acceptors (Lipinski definition) is 3. The Morgan fingerprint density at radius 1 is 1.35 bits per heavy atom. The lowest BCUT2D eigenvalue weighted by Crippen LogP contribution is -2.36. The Kier molecular flexibility index (Phi) is 6.14. The normalized spacial score (nSPS) is 16.6. The van der Waals surface area contributed by atoms with E-state index >= 15 is 0 Å². The number of ether oxygens (including phenoxy) is 1. The number of anilines is 1. The van der Waals surface area contributed by atoms with Crippen LogP contribution in [0.1, 0.15) is 31.7 Å². The fraction of sp³-hybridized carbons (Fsp3) is 0.625. The molecule has 0 amide bonds. The Morgan fingerprint density at radius 3 is 2.70 bits per heavy atom. The zero-order valence-corrected chi connectivity index (χ0v) is 13.2. The molecule has 0 aliphatic carbocycles. The molecule has 1 aliphatic rings. The summed E-state index contributed by atoms with van der Waals surface area (Å²) in [5.41, 5.74) is 2.40. The zero-order chi connectivity index (χ0) is 14.4. The Labute approximate surface area is 127 Å². The van der Waals surface area contributed by atoms with Gasteiger partial charge >= 0.3 is 0 Å². The van der Waals surface area contributed by atoms with E-state index in [1.54, 1.807) is 7.11 Å². The molecule has 0 spiro atoms. The fourth-order valence-electron chi connectivity index (χ4n) is 2.66. The van der Waals surface area contributed by atoms with Crippen LogP contribution in [0.4, 0.5) is 5.69 Å². The first-order chi connectivity index (χ1) is 9.74. The van der Waals surface area contributed by atoms with Crippen LogP contribution >= 0.6 is 11.6 Å². The van der Waals surface area contributed by atoms with Gasteiger partial charge in [0.05, 0.1) is 16.8 Å². The minimum absolute atomic E-state index is 0.405. The third-order valence-corrected chi connectivity index (χ3v) is 4.19. The highest BCUT2D eigenvalue weighted by Gasteiger charge is 2.20. The first-order valence-corrected chi connectivity index (χ1v) is 7.89. The zero-order valence-electron chi connectivity index (χ0n) is 12.5. The summed E-state index contributed by atoms with van der Waals surface area (Å²) in [5, 5.41) is 4.26. The van der Waals surface area contributed by atoms with Gasteiger partial charge in [0.2, 0.25) is 0 Å². The summed E-state index contributed by atoms with van der Waals surface area (Å²) in [7, 11) is 1.80. The van der Waals surface area contributed by atoms with Gasteiger partial charge in [-0.3, -0.25) is 0 Å². The van der Waals surface area contributed by atoms with E-state index in [2.05, 4.69) is 35.3 Å². The number of nitrogens with one attached hydrogen (secondary N) is 1. The number of methoxy groups -OCH3 is 1. The minimum atomic E-state index is 0.405. The van der Waals surface area contributed by atoms with Crippen molar-refractivity contribution in [3.8, 4) is 0 Å². The molecule has 1 aliphatic heterocycles. The van der Waals surface area contributed by atoms with Crippen molar-refractivity contribution in [1.82, 2.24) is 5.32 Å². The van der Waals surface area contributed by atoms with Crippen LogP contribution in [-0.2, 0) is 11.3 Å². The summed E-state index contributed by atoms with van der Waals surface area (Å²) in [4.78, 5) is 2.36. The van der Waals surface area contributed by atoms with Crippen LogP contribution < -0.4 is 10.2 Å². The first-order valence-electron chi connectivity index (χ1n) is 7.51. The van der Waals surface area contributed by atoms with Crippen LogP contribution in [0.25, 0.3) is 0 Å². The van der Waals surface area contributed by atoms with E-state index < -0.39 is 0 Å². The molecule has 0 unspecified atom stereocenters. The smallest absolute Gasteiger partial charge is 0.0642 e. The number of halogens is 1. The molecule has 0 radical (unpaired) electrons. The van der Waals surface area contributed by atoms with Crippen molar-refractivity contribution in [3.63, 3.8) is 0 Å². The highest BCUT2D eigenvalue weighted by molar-refractivity contribution is 6.33. The maximum atomic E-state index is 6.45. The minimum Gasteiger partial charge on any atom is -0.381 e. The average molecular weight is 297 g/mol. The van der Waals surface area contributed by atoms with Crippen LogP contribution in [0.3, 0.4) is 0 Å². The molecule has 1 N–H and O–H groups in total. The molecule has 20 heavy (non-hydrogen) atoms. The van der Waals surface area contributed by atoms with Crippen molar-refractivity contribution in [3.05, 3.63) is 28.8 Å². The second kappa shape index (κ2) is 7.87. The summed E-state index contributed by atoms with van der Waals surface area (Å²) in [6, 6.07) is 6.41. The number of benzene rings is 1. The fourth-order valence-corrected chi connectivity index (χ4v) is 2.98. The topological polar surface area (TPSA) is 24.5 Å². The highest BCUT2D eigenvalue weighted by Crippen LogP contribution is 2.29. The molecule has 4 heteroatoms. The lowest BCUT2D eigenvalue weighted by molar-refractivity contribution is 0.0819. The number of nitrogens with zero attached hydrogens (tertiary/aromatic N) is 1. The molecular weight excluding hydrogens is 272 g/mol. The van der Waals surface area contributed by atoms with Gasteiger partial charge in [-0.05, 0) is 43.5 Å². The Hall–Kier alpha value is -0.770. The third-order valence-electron chi connectivity index (χ3n) is 3.88. The molecule has 1 saturated heterocycles. The van der Waals surface area contributed by atoms with Crippen LogP contribution in [0.15, 0.2) is 18.2 Å². The quantitative estimate of drug-likeness (QED) is 0.814. The van der Waals surface area contributed by atoms with Gasteiger partial charge < -0.3 is 15.0 Å². The summed E-state index contributed by atoms with van der Waals surface area (Å²) in [6.45, 7) is 6.15. The van der Waals surface area contributed by atoms with Crippen molar-refractivity contribution >= 4 is 17.3 Å². The van der Waals surface area contributed by atoms with Crippen molar-refractivity contribution in [2.24, 2.45) is 0 Å². The Morgan fingerprint density at radius 2 is 2.10 bits per heavy atom. The van der Waals surface area contributed by atoms with Gasteiger partial charge in [0, 0.05) is 26.7 Å². The second-order valence-electron chi connectivity index (χ2n) is 5.38. The molecule has 0 bridgehead atoms. The van der Waals surface area contributed by atoms with Crippen molar-refractivity contribution in [2.45, 2.75) is 38.8 Å². The predicted molar refractivity (Wildman–Crippen MR) is 85.7 cm³/mol. The van der Waals surface area contributed by atoms with Crippen LogP contribution in [0.2, 0.25) is 5.02 Å². The first kappa shape index (κ1) is 15.6. The standard InChI is InChI=1S/C16H25ClN2O/c1-3-8-18-12-13-4-5-16(15(17)11-13)19-9-6-14(20-2)7-10-19/h4-5,11,14,18H,3,6-10,12H2,1-2H3. The number of hydrogen-bond donors (Lipinski definition) is 1. The molecule has 2 rings (SSSR count). The monoisotopic (exact) mass is 296 g/mol. The number of piperidine rings is 1. The summed E-state index contributed by atoms with van der Waals surface area (Å²) in [5.74, 6) is 0. The van der Waals surface area contributed by atoms with E-state index in [0.717, 1.165) is 56.2 Å². The average Bonchev–Trinajstić information content (AvgIpc) is 2.48. The van der Waals surface area contributed by atoms with Gasteiger partial charge in [-0.15, -0.1) is 0 Å². The molecular formula is C16H25ClN2O. The van der Waals surface area contributed by atoms with Gasteiger partial charge in [0.25, 0.3) is 0 Å². The predicted octanol–water partition coefficient (Wildman–Crippen LogP) is 3.45. The molecule has 112 valence electrons. The molecule has 0 saturated carbocycles. The van der Waals surface area contributed by atoms with E-state index in [0.29, 0.717) is 6.10 Å². The maximum absolute atomic E-state index is 6.45. The molecule has 0 aromatic heterocycles. The van der Waals surface area contributed by atoms with Crippen LogP contribution in [-0.4, -0.2) is 32.8 Å². The van der Waals surface area contributed by atoms with E-state index in [1.807, 2.05) is 0 Å². The van der Waals surface area contributed by atoms with Gasteiger partial charge in [0.1, 0.15) is 0 Å². The molecule has 1 fully saturated rings. The van der Waals surface area contributed by atoms with Gasteiger partial charge in [-0.25, -0.2) is 0 Å². The van der Waals surface area contributed by atoms with E-state index in [4.69, 9.17) is 16.3 Å². The lowest BCUT2D eigenvalue weighted by atomic mass is 10.1. The maximum Gasteiger partial charge on any atom is 0.0642 e. The molecule has 1 heterocycles. The third kappa shape index (κ3) is 4.11. The van der Waals surface area contributed by atoms with E-state index in [-0.39, 0.29) is 0 Å². The van der Waals surface area contributed by atoms with Crippen molar-refractivity contribution in [2.75, 3.05) is 31.6 Å². The Bertz CT molecular complexity index is 417. The van der Waals surface area contributed by atoms with E-state index in [1.165, 1.54) is 5.56 Å². The lowest BCUT2D eigenvalue weighted by Gasteiger charge is -2.33. The van der Waals surface area contributed by atoms with Gasteiger partial charge in [-0.1, -0.05) is 24.6 Å². The Balaban J connectivity index is 1.95. The summed E-state index contributed by atoms with van der Waals surface area (Å²) < 4.78 is 5.41. The molecule has 1 aromatic carbocycles. The van der Waals surface area contributed by atoms with Crippen molar-refractivity contribution in [1.29, 1.82) is 0 Å². The second-order valence-corrected chi connectivity index (χ2v) is 5.79. The molecule has 1 aromatic rings. The SMILES string of the molecule is CCCNCc1ccc(N2CCC(OC)CC2)c(Cl)c1. The van der Waals surface area contributed by atoms with Crippen molar-refractivity contribution < 1.29 is 4.74 Å². The van der Waals surface area contributed by atoms with Gasteiger partial charge in [0.15, 0.2) is 0 Å². The largest absolute Gasteiger partial charge is 0.381 e. The summed E-state index contributed by atoms with van der Waals surface area (Å²) >= 11 is 6.45. The van der Waals surface area contributed by atoms with Crippen LogP contribution in [0, 0.1) is 0 Å². The van der Waals surface area contributed by atoms with Crippen LogP contribution in [0.5, 0.6) is 0 Å². The van der Waals surface area contributed by atoms with E-state index in [9.17, 15) is 0 Å². The molecule has 0 atom stereocenters. The molecule has 3 nitrogen and oxygen atoms in total. The van der Waals surface area contributed by atoms with Gasteiger partial charge in [-0.2, -0.15) is 0 Å². The highest BCUT2D eigenvalue weighted by atomic mass is 35.5. The number of rotatable bonds is 6. The summed E-state index contributed by atoms with van der Waals surface area (Å²) in [6.07, 6.45) is 3.71.